The standard InChI is InChI=1S/C18H36O2.Na.Pb/c1-2-3-4-5-6-7-8-9-10-11-12-13-14-15-16-17-18(19)20;;/h2-17H2,1H3,(H,19,20);;/q;+1;/p-1. The second kappa shape index (κ2) is 24.6. The Kier molecular flexibility index (Phi) is 31.6. The van der Waals surface area contributed by atoms with Crippen molar-refractivity contribution in [2.45, 2.75) is 110 Å². The van der Waals surface area contributed by atoms with Crippen LogP contribution >= 0.6 is 0 Å². The third kappa shape index (κ3) is 26.3. The molecule has 0 saturated carbocycles. The van der Waals surface area contributed by atoms with Crippen LogP contribution < -0.4 is 34.7 Å². The van der Waals surface area contributed by atoms with Gasteiger partial charge in [-0.05, 0) is 12.8 Å². The number of carbonyl (C=O) groups excluding carboxylic acids is 1. The van der Waals surface area contributed by atoms with Crippen LogP contribution in [0.2, 0.25) is 0 Å². The van der Waals surface area contributed by atoms with E-state index in [0.29, 0.717) is 0 Å². The van der Waals surface area contributed by atoms with E-state index in [1.54, 1.807) is 0 Å². The topological polar surface area (TPSA) is 40.1 Å². The van der Waals surface area contributed by atoms with Gasteiger partial charge in [-0.1, -0.05) is 96.8 Å². The predicted octanol–water partition coefficient (Wildman–Crippen LogP) is 1.62. The fourth-order valence-electron chi connectivity index (χ4n) is 2.64. The van der Waals surface area contributed by atoms with E-state index in [1.807, 2.05) is 0 Å². The van der Waals surface area contributed by atoms with E-state index in [9.17, 15) is 9.90 Å². The Balaban J connectivity index is -0.00000180. The first-order chi connectivity index (χ1) is 9.77. The van der Waals surface area contributed by atoms with Crippen LogP contribution in [0.3, 0.4) is 0 Å². The molecule has 0 aromatic rings. The van der Waals surface area contributed by atoms with Crippen molar-refractivity contribution in [2.75, 3.05) is 0 Å². The monoisotopic (exact) mass is 514 g/mol. The zero-order chi connectivity index (χ0) is 14.9. The van der Waals surface area contributed by atoms with Crippen LogP contribution in [-0.4, -0.2) is 33.3 Å². The van der Waals surface area contributed by atoms with Gasteiger partial charge in [-0.15, -0.1) is 0 Å². The number of carbonyl (C=O) groups is 1. The van der Waals surface area contributed by atoms with Crippen molar-refractivity contribution in [3.63, 3.8) is 0 Å². The van der Waals surface area contributed by atoms with Gasteiger partial charge in [0.2, 0.25) is 0 Å². The molecular weight excluding hydrogens is 478 g/mol. The zero-order valence-electron chi connectivity index (χ0n) is 15.1. The SMILES string of the molecule is CCCCCCCCCCCCCCCCCC(=O)[O-].[Na+].[Pb]. The smallest absolute Gasteiger partial charge is 0.550 e. The molecule has 0 fully saturated rings. The third-order valence-corrected chi connectivity index (χ3v) is 3.98. The Labute approximate surface area is 181 Å². The van der Waals surface area contributed by atoms with Crippen LogP contribution in [-0.2, 0) is 4.79 Å². The summed E-state index contributed by atoms with van der Waals surface area (Å²) >= 11 is 0. The van der Waals surface area contributed by atoms with Crippen LogP contribution in [0.4, 0.5) is 0 Å². The molecule has 2 nitrogen and oxygen atoms in total. The molecule has 0 saturated heterocycles. The summed E-state index contributed by atoms with van der Waals surface area (Å²) in [6, 6.07) is 0. The molecule has 0 bridgehead atoms. The van der Waals surface area contributed by atoms with Crippen LogP contribution in [0.15, 0.2) is 0 Å². The summed E-state index contributed by atoms with van der Waals surface area (Å²) in [4.78, 5) is 10.2. The van der Waals surface area contributed by atoms with Crippen molar-refractivity contribution in [1.82, 2.24) is 0 Å². The molecule has 0 aromatic heterocycles. The second-order valence-electron chi connectivity index (χ2n) is 6.07. The minimum absolute atomic E-state index is 0. The summed E-state index contributed by atoms with van der Waals surface area (Å²) in [6.07, 6.45) is 19.9. The minimum atomic E-state index is -0.903. The van der Waals surface area contributed by atoms with Gasteiger partial charge in [0.1, 0.15) is 0 Å². The summed E-state index contributed by atoms with van der Waals surface area (Å²) < 4.78 is 0. The van der Waals surface area contributed by atoms with Crippen LogP contribution in [0.5, 0.6) is 0 Å². The summed E-state index contributed by atoms with van der Waals surface area (Å²) in [6.45, 7) is 2.27. The molecule has 0 atom stereocenters. The quantitative estimate of drug-likeness (QED) is 0.233. The molecule has 0 aliphatic heterocycles. The maximum atomic E-state index is 10.2. The second-order valence-corrected chi connectivity index (χ2v) is 6.07. The number of hydrogen-bond acceptors (Lipinski definition) is 2. The molecule has 0 rings (SSSR count). The largest absolute Gasteiger partial charge is 1.00 e. The number of rotatable bonds is 16. The van der Waals surface area contributed by atoms with E-state index >= 15 is 0 Å². The number of hydrogen-bond donors (Lipinski definition) is 0. The molecule has 4 radical (unpaired) electrons. The average Bonchev–Trinajstić information content (AvgIpc) is 2.43. The molecule has 0 heterocycles. The van der Waals surface area contributed by atoms with Gasteiger partial charge < -0.3 is 9.90 Å². The number of carboxylic acid groups (broad SMARTS) is 1. The van der Waals surface area contributed by atoms with Gasteiger partial charge in [0.15, 0.2) is 0 Å². The summed E-state index contributed by atoms with van der Waals surface area (Å²) in [5.41, 5.74) is 0. The number of carboxylic acids is 1. The van der Waals surface area contributed by atoms with E-state index < -0.39 is 5.97 Å². The van der Waals surface area contributed by atoms with Crippen molar-refractivity contribution in [3.05, 3.63) is 0 Å². The molecule has 0 aliphatic rings. The molecular formula is C18H35NaO2Pb. The Morgan fingerprint density at radius 3 is 1.18 bits per heavy atom. The van der Waals surface area contributed by atoms with Crippen molar-refractivity contribution < 1.29 is 39.5 Å². The molecule has 124 valence electrons. The van der Waals surface area contributed by atoms with E-state index in [4.69, 9.17) is 0 Å². The maximum absolute atomic E-state index is 10.2. The van der Waals surface area contributed by atoms with Crippen LogP contribution in [0, 0.1) is 0 Å². The molecule has 22 heavy (non-hydrogen) atoms. The van der Waals surface area contributed by atoms with E-state index in [2.05, 4.69) is 6.92 Å². The van der Waals surface area contributed by atoms with Gasteiger partial charge >= 0.3 is 29.6 Å². The van der Waals surface area contributed by atoms with Crippen molar-refractivity contribution in [2.24, 2.45) is 0 Å². The number of unbranched alkanes of at least 4 members (excludes halogenated alkanes) is 14. The van der Waals surface area contributed by atoms with Gasteiger partial charge in [0.25, 0.3) is 0 Å². The minimum Gasteiger partial charge on any atom is -0.550 e. The van der Waals surface area contributed by atoms with Crippen LogP contribution in [0.1, 0.15) is 110 Å². The van der Waals surface area contributed by atoms with E-state index in [0.717, 1.165) is 12.8 Å². The molecule has 0 amide bonds. The summed E-state index contributed by atoms with van der Waals surface area (Å²) in [5, 5.41) is 10.2. The van der Waals surface area contributed by atoms with Gasteiger partial charge in [-0.2, -0.15) is 0 Å². The Bertz CT molecular complexity index is 213. The Hall–Kier alpha value is 1.39. The van der Waals surface area contributed by atoms with Crippen LogP contribution in [0.25, 0.3) is 0 Å². The molecule has 0 aromatic carbocycles. The molecule has 0 unspecified atom stereocenters. The van der Waals surface area contributed by atoms with Crippen molar-refractivity contribution in [3.8, 4) is 0 Å². The summed E-state index contributed by atoms with van der Waals surface area (Å²) in [7, 11) is 0. The third-order valence-electron chi connectivity index (χ3n) is 3.98. The van der Waals surface area contributed by atoms with Crippen molar-refractivity contribution >= 4 is 33.3 Å². The Morgan fingerprint density at radius 1 is 0.636 bits per heavy atom. The number of aliphatic carboxylic acids is 1. The zero-order valence-corrected chi connectivity index (χ0v) is 21.0. The van der Waals surface area contributed by atoms with E-state index in [1.165, 1.54) is 83.5 Å². The molecule has 4 heteroatoms. The van der Waals surface area contributed by atoms with E-state index in [-0.39, 0.29) is 63.3 Å². The fourth-order valence-corrected chi connectivity index (χ4v) is 2.64. The molecule has 0 aliphatic carbocycles. The first kappa shape index (κ1) is 28.2. The first-order valence-electron chi connectivity index (χ1n) is 8.97. The van der Waals surface area contributed by atoms with Gasteiger partial charge in [0, 0.05) is 33.3 Å². The van der Waals surface area contributed by atoms with Gasteiger partial charge in [0.05, 0.1) is 0 Å². The fraction of sp³-hybridized carbons (Fsp3) is 0.944. The predicted molar refractivity (Wildman–Crippen MR) is 90.3 cm³/mol. The average molecular weight is 514 g/mol. The van der Waals surface area contributed by atoms with Gasteiger partial charge in [-0.3, -0.25) is 0 Å². The van der Waals surface area contributed by atoms with Gasteiger partial charge in [-0.25, -0.2) is 0 Å². The Morgan fingerprint density at radius 2 is 0.909 bits per heavy atom. The molecule has 0 N–H and O–H groups in total. The molecule has 0 spiro atoms. The normalized spacial score (nSPS) is 9.86. The summed E-state index contributed by atoms with van der Waals surface area (Å²) in [5.74, 6) is -0.903. The van der Waals surface area contributed by atoms with Crippen molar-refractivity contribution in [1.29, 1.82) is 0 Å². The maximum Gasteiger partial charge on any atom is 1.00 e. The first-order valence-corrected chi connectivity index (χ1v) is 8.97.